The molecule has 0 aliphatic rings. The molecular formula is C14H13ClN+. The maximum atomic E-state index is 5.92. The highest BCUT2D eigenvalue weighted by molar-refractivity contribution is 6.30. The van der Waals surface area contributed by atoms with Crippen molar-refractivity contribution in [2.24, 2.45) is 7.05 Å². The molecule has 0 saturated carbocycles. The van der Waals surface area contributed by atoms with Gasteiger partial charge in [0.1, 0.15) is 7.05 Å². The van der Waals surface area contributed by atoms with Crippen molar-refractivity contribution in [3.8, 4) is 0 Å². The summed E-state index contributed by atoms with van der Waals surface area (Å²) in [7, 11) is 2.03. The number of aromatic nitrogens is 1. The zero-order valence-corrected chi connectivity index (χ0v) is 9.85. The fourth-order valence-corrected chi connectivity index (χ4v) is 1.70. The third-order valence-corrected chi connectivity index (χ3v) is 2.63. The number of nitrogens with zero attached hydrogens (tertiary/aromatic N) is 1. The van der Waals surface area contributed by atoms with Gasteiger partial charge in [0.2, 0.25) is 5.69 Å². The van der Waals surface area contributed by atoms with Crippen molar-refractivity contribution < 1.29 is 4.57 Å². The molecule has 2 heteroatoms. The Hall–Kier alpha value is -1.60. The van der Waals surface area contributed by atoms with Crippen LogP contribution in [0.1, 0.15) is 11.3 Å². The summed E-state index contributed by atoms with van der Waals surface area (Å²) in [5.74, 6) is 0. The van der Waals surface area contributed by atoms with Crippen LogP contribution in [0.15, 0.2) is 48.7 Å². The largest absolute Gasteiger partial charge is 0.204 e. The van der Waals surface area contributed by atoms with E-state index in [4.69, 9.17) is 11.6 Å². The van der Waals surface area contributed by atoms with E-state index in [2.05, 4.69) is 22.8 Å². The van der Waals surface area contributed by atoms with E-state index in [9.17, 15) is 0 Å². The van der Waals surface area contributed by atoms with Crippen molar-refractivity contribution in [3.63, 3.8) is 0 Å². The average Bonchev–Trinajstić information content (AvgIpc) is 2.28. The van der Waals surface area contributed by atoms with Gasteiger partial charge in [-0.2, -0.15) is 0 Å². The molecule has 1 aromatic heterocycles. The molecule has 0 N–H and O–H groups in total. The standard InChI is InChI=1S/C14H13ClN/c1-16-10-3-2-7-14(16)9-8-12-5-4-6-13(15)11-12/h2-11H,1H3/q+1/b9-8+. The van der Waals surface area contributed by atoms with Crippen LogP contribution in [0.3, 0.4) is 0 Å². The summed E-state index contributed by atoms with van der Waals surface area (Å²) in [4.78, 5) is 0. The molecule has 0 aliphatic heterocycles. The van der Waals surface area contributed by atoms with E-state index >= 15 is 0 Å². The minimum atomic E-state index is 0.764. The molecule has 0 amide bonds. The molecule has 2 rings (SSSR count). The number of hydrogen-bond donors (Lipinski definition) is 0. The van der Waals surface area contributed by atoms with Crippen LogP contribution in [-0.2, 0) is 7.05 Å². The molecular weight excluding hydrogens is 218 g/mol. The molecule has 1 nitrogen and oxygen atoms in total. The van der Waals surface area contributed by atoms with Crippen LogP contribution in [-0.4, -0.2) is 0 Å². The summed E-state index contributed by atoms with van der Waals surface area (Å²) in [6.45, 7) is 0. The third-order valence-electron chi connectivity index (χ3n) is 2.39. The Morgan fingerprint density at radius 3 is 2.69 bits per heavy atom. The van der Waals surface area contributed by atoms with E-state index < -0.39 is 0 Å². The minimum absolute atomic E-state index is 0.764. The minimum Gasteiger partial charge on any atom is -0.202 e. The first-order valence-corrected chi connectivity index (χ1v) is 5.52. The monoisotopic (exact) mass is 230 g/mol. The summed E-state index contributed by atoms with van der Waals surface area (Å²) >= 11 is 5.92. The predicted octanol–water partition coefficient (Wildman–Crippen LogP) is 3.33. The number of aryl methyl sites for hydroxylation is 1. The lowest BCUT2D eigenvalue weighted by atomic mass is 10.2. The van der Waals surface area contributed by atoms with Gasteiger partial charge in [-0.3, -0.25) is 0 Å². The molecule has 0 unspecified atom stereocenters. The first-order chi connectivity index (χ1) is 7.75. The first kappa shape index (κ1) is 10.9. The molecule has 16 heavy (non-hydrogen) atoms. The van der Waals surface area contributed by atoms with E-state index in [0.29, 0.717) is 0 Å². The third kappa shape index (κ3) is 2.71. The maximum Gasteiger partial charge on any atom is 0.204 e. The van der Waals surface area contributed by atoms with Crippen molar-refractivity contribution in [1.82, 2.24) is 0 Å². The van der Waals surface area contributed by atoms with Crippen molar-refractivity contribution in [3.05, 3.63) is 64.9 Å². The van der Waals surface area contributed by atoms with Crippen molar-refractivity contribution in [2.75, 3.05) is 0 Å². The van der Waals surface area contributed by atoms with E-state index in [1.807, 2.05) is 49.6 Å². The maximum absolute atomic E-state index is 5.92. The zero-order valence-electron chi connectivity index (χ0n) is 9.10. The van der Waals surface area contributed by atoms with Crippen LogP contribution in [0.2, 0.25) is 5.02 Å². The lowest BCUT2D eigenvalue weighted by molar-refractivity contribution is -0.673. The Morgan fingerprint density at radius 2 is 1.94 bits per heavy atom. The molecule has 0 spiro atoms. The fraction of sp³-hybridized carbons (Fsp3) is 0.0714. The zero-order chi connectivity index (χ0) is 11.4. The van der Waals surface area contributed by atoms with Crippen LogP contribution < -0.4 is 4.57 Å². The second-order valence-electron chi connectivity index (χ2n) is 3.62. The van der Waals surface area contributed by atoms with E-state index in [1.54, 1.807) is 0 Å². The number of hydrogen-bond acceptors (Lipinski definition) is 0. The highest BCUT2D eigenvalue weighted by Gasteiger charge is 1.98. The van der Waals surface area contributed by atoms with Gasteiger partial charge >= 0.3 is 0 Å². The average molecular weight is 231 g/mol. The lowest BCUT2D eigenvalue weighted by Gasteiger charge is -1.94. The Kier molecular flexibility index (Phi) is 3.37. The van der Waals surface area contributed by atoms with Crippen LogP contribution in [0.4, 0.5) is 0 Å². The van der Waals surface area contributed by atoms with Crippen molar-refractivity contribution in [1.29, 1.82) is 0 Å². The highest BCUT2D eigenvalue weighted by Crippen LogP contribution is 2.12. The van der Waals surface area contributed by atoms with Gasteiger partial charge in [-0.1, -0.05) is 23.7 Å². The van der Waals surface area contributed by atoms with Gasteiger partial charge < -0.3 is 0 Å². The molecule has 0 saturated heterocycles. The highest BCUT2D eigenvalue weighted by atomic mass is 35.5. The van der Waals surface area contributed by atoms with E-state index in [1.165, 1.54) is 0 Å². The molecule has 0 atom stereocenters. The van der Waals surface area contributed by atoms with E-state index in [0.717, 1.165) is 16.3 Å². The Bertz CT molecular complexity index is 518. The summed E-state index contributed by atoms with van der Waals surface area (Å²) in [5.41, 5.74) is 2.26. The van der Waals surface area contributed by atoms with Crippen LogP contribution in [0.25, 0.3) is 12.2 Å². The summed E-state index contributed by atoms with van der Waals surface area (Å²) in [6.07, 6.45) is 6.16. The number of benzene rings is 1. The Morgan fingerprint density at radius 1 is 1.06 bits per heavy atom. The summed E-state index contributed by atoms with van der Waals surface area (Å²) < 4.78 is 2.07. The number of pyridine rings is 1. The van der Waals surface area contributed by atoms with Crippen molar-refractivity contribution in [2.45, 2.75) is 0 Å². The number of halogens is 1. The Labute approximate surface area is 101 Å². The topological polar surface area (TPSA) is 3.88 Å². The molecule has 2 aromatic rings. The van der Waals surface area contributed by atoms with Crippen LogP contribution >= 0.6 is 11.6 Å². The normalized spacial score (nSPS) is 10.9. The lowest BCUT2D eigenvalue weighted by Crippen LogP contribution is -2.30. The van der Waals surface area contributed by atoms with Gasteiger partial charge in [0, 0.05) is 23.2 Å². The quantitative estimate of drug-likeness (QED) is 0.697. The smallest absolute Gasteiger partial charge is 0.202 e. The van der Waals surface area contributed by atoms with Crippen LogP contribution in [0, 0.1) is 0 Å². The Balaban J connectivity index is 2.25. The van der Waals surface area contributed by atoms with Crippen molar-refractivity contribution >= 4 is 23.8 Å². The number of rotatable bonds is 2. The fourth-order valence-electron chi connectivity index (χ4n) is 1.50. The van der Waals surface area contributed by atoms with Gasteiger partial charge in [0.05, 0.1) is 0 Å². The van der Waals surface area contributed by atoms with E-state index in [-0.39, 0.29) is 0 Å². The molecule has 1 aromatic carbocycles. The molecule has 1 heterocycles. The van der Waals surface area contributed by atoms with Gasteiger partial charge in [-0.25, -0.2) is 4.57 Å². The summed E-state index contributed by atoms with van der Waals surface area (Å²) in [5, 5.41) is 0.764. The first-order valence-electron chi connectivity index (χ1n) is 5.14. The molecule has 0 bridgehead atoms. The molecule has 0 fully saturated rings. The molecule has 0 radical (unpaired) electrons. The van der Waals surface area contributed by atoms with Gasteiger partial charge in [-0.15, -0.1) is 0 Å². The second-order valence-corrected chi connectivity index (χ2v) is 4.06. The second kappa shape index (κ2) is 4.95. The molecule has 80 valence electrons. The van der Waals surface area contributed by atoms with Crippen LogP contribution in [0.5, 0.6) is 0 Å². The van der Waals surface area contributed by atoms with Gasteiger partial charge in [0.25, 0.3) is 0 Å². The van der Waals surface area contributed by atoms with Gasteiger partial charge in [-0.05, 0) is 29.8 Å². The SMILES string of the molecule is C[n+]1ccccc1/C=C/c1cccc(Cl)c1. The molecule has 0 aliphatic carbocycles. The predicted molar refractivity (Wildman–Crippen MR) is 68.0 cm³/mol. The summed E-state index contributed by atoms with van der Waals surface area (Å²) in [6, 6.07) is 13.9. The van der Waals surface area contributed by atoms with Gasteiger partial charge in [0.15, 0.2) is 6.20 Å².